The van der Waals surface area contributed by atoms with Gasteiger partial charge in [-0.15, -0.1) is 5.10 Å². The van der Waals surface area contributed by atoms with Gasteiger partial charge in [0.1, 0.15) is 0 Å². The first kappa shape index (κ1) is 12.5. The molecule has 6 heteroatoms. The minimum Gasteiger partial charge on any atom is -0.338 e. The highest BCUT2D eigenvalue weighted by molar-refractivity contribution is 5.94. The molecule has 6 nitrogen and oxygen atoms in total. The molecule has 0 spiro atoms. The van der Waals surface area contributed by atoms with Gasteiger partial charge in [0.05, 0.1) is 17.2 Å². The molecular formula is C15H18N6. The molecule has 3 heterocycles. The van der Waals surface area contributed by atoms with Crippen LogP contribution in [-0.4, -0.2) is 57.9 Å². The van der Waals surface area contributed by atoms with Gasteiger partial charge in [0.25, 0.3) is 0 Å². The van der Waals surface area contributed by atoms with Crippen LogP contribution in [-0.2, 0) is 0 Å². The zero-order chi connectivity index (χ0) is 14.4. The highest BCUT2D eigenvalue weighted by Crippen LogP contribution is 2.24. The lowest BCUT2D eigenvalue weighted by Crippen LogP contribution is -2.45. The molecule has 0 aliphatic carbocycles. The Labute approximate surface area is 123 Å². The Morgan fingerprint density at radius 2 is 1.90 bits per heavy atom. The van der Waals surface area contributed by atoms with Gasteiger partial charge in [-0.2, -0.15) is 4.52 Å². The second-order valence-corrected chi connectivity index (χ2v) is 5.75. The molecule has 4 rings (SSSR count). The Hall–Kier alpha value is -2.21. The number of anilines is 1. The molecule has 0 saturated carbocycles. The van der Waals surface area contributed by atoms with Crippen molar-refractivity contribution in [3.63, 3.8) is 0 Å². The number of hydrogen-bond donors (Lipinski definition) is 0. The molecule has 0 N–H and O–H groups in total. The van der Waals surface area contributed by atoms with Crippen molar-refractivity contribution in [2.45, 2.75) is 6.92 Å². The third kappa shape index (κ3) is 2.03. The van der Waals surface area contributed by atoms with Crippen LogP contribution in [0.3, 0.4) is 0 Å². The van der Waals surface area contributed by atoms with Gasteiger partial charge in [-0.3, -0.25) is 0 Å². The third-order valence-corrected chi connectivity index (χ3v) is 4.17. The first-order valence-corrected chi connectivity index (χ1v) is 7.27. The van der Waals surface area contributed by atoms with E-state index in [9.17, 15) is 0 Å². The molecule has 0 amide bonds. The maximum atomic E-state index is 4.83. The van der Waals surface area contributed by atoms with Crippen molar-refractivity contribution in [3.05, 3.63) is 30.0 Å². The lowest BCUT2D eigenvalue weighted by Gasteiger charge is -2.33. The van der Waals surface area contributed by atoms with Gasteiger partial charge in [0.15, 0.2) is 0 Å². The second kappa shape index (κ2) is 4.66. The highest BCUT2D eigenvalue weighted by Gasteiger charge is 2.20. The lowest BCUT2D eigenvalue weighted by atomic mass is 10.1. The van der Waals surface area contributed by atoms with Crippen LogP contribution in [0.1, 0.15) is 5.56 Å². The molecule has 0 bridgehead atoms. The predicted octanol–water partition coefficient (Wildman–Crippen LogP) is 1.34. The normalized spacial score (nSPS) is 17.0. The number of rotatable bonds is 1. The average Bonchev–Trinajstić information content (AvgIpc) is 2.97. The summed E-state index contributed by atoms with van der Waals surface area (Å²) >= 11 is 0. The van der Waals surface area contributed by atoms with Crippen LogP contribution >= 0.6 is 0 Å². The molecule has 0 unspecified atom stereocenters. The van der Waals surface area contributed by atoms with Gasteiger partial charge in [0, 0.05) is 31.6 Å². The number of benzene rings is 1. The SMILES string of the molecule is Cc1ccc2nc(N3CCN(C)CC3)n3nncc3c2c1. The lowest BCUT2D eigenvalue weighted by molar-refractivity contribution is 0.310. The van der Waals surface area contributed by atoms with Gasteiger partial charge in [-0.25, -0.2) is 4.98 Å². The van der Waals surface area contributed by atoms with Crippen molar-refractivity contribution < 1.29 is 0 Å². The zero-order valence-corrected chi connectivity index (χ0v) is 12.3. The van der Waals surface area contributed by atoms with E-state index < -0.39 is 0 Å². The summed E-state index contributed by atoms with van der Waals surface area (Å²) < 4.78 is 1.87. The summed E-state index contributed by atoms with van der Waals surface area (Å²) in [4.78, 5) is 9.46. The Bertz CT molecular complexity index is 800. The number of aromatic nitrogens is 4. The number of nitrogens with zero attached hydrogens (tertiary/aromatic N) is 6. The Morgan fingerprint density at radius 1 is 1.10 bits per heavy atom. The molecule has 2 aromatic heterocycles. The van der Waals surface area contributed by atoms with Crippen LogP contribution in [0.25, 0.3) is 16.4 Å². The van der Waals surface area contributed by atoms with Crippen LogP contribution in [0.4, 0.5) is 5.95 Å². The third-order valence-electron chi connectivity index (χ3n) is 4.17. The molecule has 1 fully saturated rings. The van der Waals surface area contributed by atoms with Crippen molar-refractivity contribution in [1.82, 2.24) is 24.7 Å². The average molecular weight is 282 g/mol. The van der Waals surface area contributed by atoms with E-state index in [1.165, 1.54) is 5.56 Å². The zero-order valence-electron chi connectivity index (χ0n) is 12.3. The van der Waals surface area contributed by atoms with Gasteiger partial charge >= 0.3 is 0 Å². The fourth-order valence-electron chi connectivity index (χ4n) is 2.89. The van der Waals surface area contributed by atoms with Crippen molar-refractivity contribution in [2.75, 3.05) is 38.1 Å². The van der Waals surface area contributed by atoms with Crippen LogP contribution < -0.4 is 4.90 Å². The number of aryl methyl sites for hydroxylation is 1. The Kier molecular flexibility index (Phi) is 2.78. The van der Waals surface area contributed by atoms with Crippen LogP contribution in [0.5, 0.6) is 0 Å². The van der Waals surface area contributed by atoms with E-state index >= 15 is 0 Å². The topological polar surface area (TPSA) is 49.6 Å². The standard InChI is InChI=1S/C15H18N6/c1-11-3-4-13-12(9-11)14-10-16-18-21(14)15(17-13)20-7-5-19(2)6-8-20/h3-4,9-10H,5-8H2,1-2H3. The molecule has 3 aromatic rings. The summed E-state index contributed by atoms with van der Waals surface area (Å²) in [5, 5.41) is 9.44. The van der Waals surface area contributed by atoms with E-state index in [-0.39, 0.29) is 0 Å². The largest absolute Gasteiger partial charge is 0.338 e. The maximum Gasteiger partial charge on any atom is 0.229 e. The highest BCUT2D eigenvalue weighted by atomic mass is 15.5. The van der Waals surface area contributed by atoms with Gasteiger partial charge < -0.3 is 9.80 Å². The molecule has 1 saturated heterocycles. The molecule has 1 aromatic carbocycles. The van der Waals surface area contributed by atoms with Crippen molar-refractivity contribution in [1.29, 1.82) is 0 Å². The Balaban J connectivity index is 1.91. The number of piperazine rings is 1. The summed E-state index contributed by atoms with van der Waals surface area (Å²) in [5.74, 6) is 0.895. The molecule has 1 aliphatic rings. The second-order valence-electron chi connectivity index (χ2n) is 5.75. The van der Waals surface area contributed by atoms with Crippen LogP contribution in [0.2, 0.25) is 0 Å². The molecule has 108 valence electrons. The first-order valence-electron chi connectivity index (χ1n) is 7.27. The minimum absolute atomic E-state index is 0.895. The van der Waals surface area contributed by atoms with Crippen molar-refractivity contribution in [2.24, 2.45) is 0 Å². The van der Waals surface area contributed by atoms with E-state index in [1.807, 2.05) is 10.7 Å². The number of hydrogen-bond acceptors (Lipinski definition) is 5. The maximum absolute atomic E-state index is 4.83. The molecule has 0 radical (unpaired) electrons. The minimum atomic E-state index is 0.895. The van der Waals surface area contributed by atoms with Crippen molar-refractivity contribution in [3.8, 4) is 0 Å². The number of fused-ring (bicyclic) bond motifs is 3. The summed E-state index contributed by atoms with van der Waals surface area (Å²) in [7, 11) is 2.15. The fourth-order valence-corrected chi connectivity index (χ4v) is 2.89. The molecule has 21 heavy (non-hydrogen) atoms. The molecule has 0 atom stereocenters. The van der Waals surface area contributed by atoms with E-state index in [4.69, 9.17) is 4.98 Å². The van der Waals surface area contributed by atoms with E-state index in [0.717, 1.165) is 48.5 Å². The summed E-state index contributed by atoms with van der Waals surface area (Å²) in [5.41, 5.74) is 3.25. The summed E-state index contributed by atoms with van der Waals surface area (Å²) in [6.07, 6.45) is 1.82. The van der Waals surface area contributed by atoms with Crippen LogP contribution in [0, 0.1) is 6.92 Å². The van der Waals surface area contributed by atoms with Gasteiger partial charge in [-0.05, 0) is 26.1 Å². The predicted molar refractivity (Wildman–Crippen MR) is 82.7 cm³/mol. The first-order chi connectivity index (χ1) is 10.2. The molecule has 1 aliphatic heterocycles. The van der Waals surface area contributed by atoms with Gasteiger partial charge in [-0.1, -0.05) is 16.8 Å². The van der Waals surface area contributed by atoms with E-state index in [2.05, 4.69) is 52.3 Å². The fraction of sp³-hybridized carbons (Fsp3) is 0.400. The number of likely N-dealkylation sites (N-methyl/N-ethyl adjacent to an activating group) is 1. The summed E-state index contributed by atoms with van der Waals surface area (Å²) in [6, 6.07) is 6.33. The smallest absolute Gasteiger partial charge is 0.229 e. The van der Waals surface area contributed by atoms with E-state index in [1.54, 1.807) is 0 Å². The summed E-state index contributed by atoms with van der Waals surface area (Å²) in [6.45, 7) is 6.12. The van der Waals surface area contributed by atoms with E-state index in [0.29, 0.717) is 0 Å². The molecular weight excluding hydrogens is 264 g/mol. The van der Waals surface area contributed by atoms with Crippen molar-refractivity contribution >= 4 is 22.4 Å². The van der Waals surface area contributed by atoms with Gasteiger partial charge in [0.2, 0.25) is 5.95 Å². The van der Waals surface area contributed by atoms with Crippen LogP contribution in [0.15, 0.2) is 24.4 Å². The Morgan fingerprint density at radius 3 is 2.71 bits per heavy atom. The quantitative estimate of drug-likeness (QED) is 0.674. The monoisotopic (exact) mass is 282 g/mol.